The molecule has 0 fully saturated rings. The Morgan fingerprint density at radius 2 is 2.20 bits per heavy atom. The molecule has 2 aromatic rings. The van der Waals surface area contributed by atoms with Gasteiger partial charge in [-0.2, -0.15) is 0 Å². The second-order valence-corrected chi connectivity index (χ2v) is 4.83. The molecule has 106 valence electrons. The molecule has 0 aliphatic carbocycles. The standard InChI is InChI=1S/C15H19N3O2/c1-11(2)13-5-3-4-6-14(13)20-9-15(19)17-8-12-7-16-10-18-12/h3-7,10-11H,8-9H2,1-2H3,(H,16,18)(H,17,19). The molecule has 0 bridgehead atoms. The Hall–Kier alpha value is -2.30. The number of imidazole rings is 1. The topological polar surface area (TPSA) is 67.0 Å². The van der Waals surface area contributed by atoms with Crippen LogP contribution in [-0.2, 0) is 11.3 Å². The first-order chi connectivity index (χ1) is 9.66. The summed E-state index contributed by atoms with van der Waals surface area (Å²) in [6, 6.07) is 7.78. The quantitative estimate of drug-likeness (QED) is 0.848. The Morgan fingerprint density at radius 3 is 2.90 bits per heavy atom. The van der Waals surface area contributed by atoms with Crippen LogP contribution in [0.3, 0.4) is 0 Å². The van der Waals surface area contributed by atoms with E-state index >= 15 is 0 Å². The minimum absolute atomic E-state index is 0.0118. The number of hydrogen-bond donors (Lipinski definition) is 2. The average Bonchev–Trinajstić information content (AvgIpc) is 2.96. The second kappa shape index (κ2) is 6.75. The summed E-state index contributed by atoms with van der Waals surface area (Å²) in [5.74, 6) is 0.969. The van der Waals surface area contributed by atoms with Crippen molar-refractivity contribution in [1.82, 2.24) is 15.3 Å². The smallest absolute Gasteiger partial charge is 0.258 e. The van der Waals surface area contributed by atoms with Crippen molar-refractivity contribution >= 4 is 5.91 Å². The number of amides is 1. The Bertz CT molecular complexity index is 550. The van der Waals surface area contributed by atoms with Gasteiger partial charge in [0, 0.05) is 6.20 Å². The highest BCUT2D eigenvalue weighted by molar-refractivity contribution is 5.77. The third kappa shape index (κ3) is 3.85. The van der Waals surface area contributed by atoms with E-state index in [1.807, 2.05) is 24.3 Å². The maximum Gasteiger partial charge on any atom is 0.258 e. The van der Waals surface area contributed by atoms with Crippen LogP contribution in [0.25, 0.3) is 0 Å². The number of aromatic amines is 1. The molecule has 0 radical (unpaired) electrons. The summed E-state index contributed by atoms with van der Waals surface area (Å²) in [5.41, 5.74) is 1.97. The molecule has 1 aromatic heterocycles. The third-order valence-electron chi connectivity index (χ3n) is 2.93. The van der Waals surface area contributed by atoms with Gasteiger partial charge in [-0.05, 0) is 17.5 Å². The summed E-state index contributed by atoms with van der Waals surface area (Å²) < 4.78 is 5.59. The monoisotopic (exact) mass is 273 g/mol. The lowest BCUT2D eigenvalue weighted by molar-refractivity contribution is -0.123. The molecule has 0 unspecified atom stereocenters. The molecule has 0 spiro atoms. The molecular formula is C15H19N3O2. The Morgan fingerprint density at radius 1 is 1.40 bits per heavy atom. The molecule has 2 rings (SSSR count). The van der Waals surface area contributed by atoms with Crippen LogP contribution >= 0.6 is 0 Å². The first-order valence-electron chi connectivity index (χ1n) is 6.62. The molecule has 2 N–H and O–H groups in total. The first kappa shape index (κ1) is 14.1. The zero-order valence-corrected chi connectivity index (χ0v) is 11.7. The van der Waals surface area contributed by atoms with E-state index in [1.54, 1.807) is 12.5 Å². The van der Waals surface area contributed by atoms with Crippen LogP contribution in [0.5, 0.6) is 5.75 Å². The highest BCUT2D eigenvalue weighted by atomic mass is 16.5. The van der Waals surface area contributed by atoms with Crippen LogP contribution in [-0.4, -0.2) is 22.5 Å². The van der Waals surface area contributed by atoms with E-state index in [0.717, 1.165) is 17.0 Å². The van der Waals surface area contributed by atoms with Crippen LogP contribution < -0.4 is 10.1 Å². The molecule has 5 nitrogen and oxygen atoms in total. The fourth-order valence-electron chi connectivity index (χ4n) is 1.86. The highest BCUT2D eigenvalue weighted by Gasteiger charge is 2.09. The number of rotatable bonds is 6. The van der Waals surface area contributed by atoms with Gasteiger partial charge < -0.3 is 15.0 Å². The van der Waals surface area contributed by atoms with Crippen molar-refractivity contribution in [2.75, 3.05) is 6.61 Å². The maximum absolute atomic E-state index is 11.7. The summed E-state index contributed by atoms with van der Waals surface area (Å²) in [6.45, 7) is 4.63. The molecule has 1 amide bonds. The van der Waals surface area contributed by atoms with E-state index in [2.05, 4.69) is 29.1 Å². The van der Waals surface area contributed by atoms with E-state index in [9.17, 15) is 4.79 Å². The molecule has 0 aliphatic heterocycles. The van der Waals surface area contributed by atoms with E-state index < -0.39 is 0 Å². The fourth-order valence-corrected chi connectivity index (χ4v) is 1.86. The van der Waals surface area contributed by atoms with Crippen LogP contribution in [0.15, 0.2) is 36.8 Å². The maximum atomic E-state index is 11.7. The minimum atomic E-state index is -0.154. The van der Waals surface area contributed by atoms with Crippen molar-refractivity contribution in [2.45, 2.75) is 26.3 Å². The number of aromatic nitrogens is 2. The zero-order chi connectivity index (χ0) is 14.4. The summed E-state index contributed by atoms with van der Waals surface area (Å²) in [7, 11) is 0. The number of H-pyrrole nitrogens is 1. The number of ether oxygens (including phenoxy) is 1. The summed E-state index contributed by atoms with van der Waals surface area (Å²) in [6.07, 6.45) is 3.26. The highest BCUT2D eigenvalue weighted by Crippen LogP contribution is 2.25. The molecule has 0 saturated heterocycles. The fraction of sp³-hybridized carbons (Fsp3) is 0.333. The lowest BCUT2D eigenvalue weighted by atomic mass is 10.0. The average molecular weight is 273 g/mol. The van der Waals surface area contributed by atoms with Crippen molar-refractivity contribution in [1.29, 1.82) is 0 Å². The van der Waals surface area contributed by atoms with E-state index in [0.29, 0.717) is 12.5 Å². The first-order valence-corrected chi connectivity index (χ1v) is 6.62. The molecule has 1 aromatic carbocycles. The number of benzene rings is 1. The van der Waals surface area contributed by atoms with Gasteiger partial charge in [0.1, 0.15) is 5.75 Å². The van der Waals surface area contributed by atoms with Crippen LogP contribution in [0.1, 0.15) is 31.0 Å². The molecular weight excluding hydrogens is 254 g/mol. The van der Waals surface area contributed by atoms with Gasteiger partial charge in [0.2, 0.25) is 0 Å². The van der Waals surface area contributed by atoms with Crippen molar-refractivity contribution in [2.24, 2.45) is 0 Å². The van der Waals surface area contributed by atoms with Crippen LogP contribution in [0.4, 0.5) is 0 Å². The molecule has 20 heavy (non-hydrogen) atoms. The molecule has 0 aliphatic rings. The largest absolute Gasteiger partial charge is 0.483 e. The van der Waals surface area contributed by atoms with E-state index in [-0.39, 0.29) is 12.5 Å². The van der Waals surface area contributed by atoms with Gasteiger partial charge in [0.25, 0.3) is 5.91 Å². The van der Waals surface area contributed by atoms with Gasteiger partial charge in [-0.15, -0.1) is 0 Å². The Balaban J connectivity index is 1.84. The number of carbonyl (C=O) groups excluding carboxylic acids is 1. The van der Waals surface area contributed by atoms with Gasteiger partial charge in [-0.3, -0.25) is 4.79 Å². The molecule has 0 atom stereocenters. The van der Waals surface area contributed by atoms with E-state index in [1.165, 1.54) is 0 Å². The second-order valence-electron chi connectivity index (χ2n) is 4.83. The summed E-state index contributed by atoms with van der Waals surface area (Å²) in [4.78, 5) is 18.5. The van der Waals surface area contributed by atoms with Crippen LogP contribution in [0.2, 0.25) is 0 Å². The molecule has 1 heterocycles. The lowest BCUT2D eigenvalue weighted by Crippen LogP contribution is -2.28. The van der Waals surface area contributed by atoms with Crippen molar-refractivity contribution in [3.63, 3.8) is 0 Å². The normalized spacial score (nSPS) is 10.6. The van der Waals surface area contributed by atoms with Gasteiger partial charge in [-0.1, -0.05) is 32.0 Å². The predicted octanol–water partition coefficient (Wildman–Crippen LogP) is 2.23. The summed E-state index contributed by atoms with van der Waals surface area (Å²) in [5, 5.41) is 2.77. The van der Waals surface area contributed by atoms with Crippen molar-refractivity contribution in [3.8, 4) is 5.75 Å². The van der Waals surface area contributed by atoms with Gasteiger partial charge >= 0.3 is 0 Å². The van der Waals surface area contributed by atoms with Crippen LogP contribution in [0, 0.1) is 0 Å². The molecule has 5 heteroatoms. The number of para-hydroxylation sites is 1. The van der Waals surface area contributed by atoms with Gasteiger partial charge in [-0.25, -0.2) is 4.98 Å². The number of hydrogen-bond acceptors (Lipinski definition) is 3. The van der Waals surface area contributed by atoms with E-state index in [4.69, 9.17) is 4.74 Å². The van der Waals surface area contributed by atoms with Crippen molar-refractivity contribution < 1.29 is 9.53 Å². The third-order valence-corrected chi connectivity index (χ3v) is 2.93. The lowest BCUT2D eigenvalue weighted by Gasteiger charge is -2.13. The SMILES string of the molecule is CC(C)c1ccccc1OCC(=O)NCc1cnc[nH]1. The number of nitrogens with zero attached hydrogens (tertiary/aromatic N) is 1. The predicted molar refractivity (Wildman–Crippen MR) is 76.5 cm³/mol. The number of nitrogens with one attached hydrogen (secondary N) is 2. The Labute approximate surface area is 118 Å². The summed E-state index contributed by atoms with van der Waals surface area (Å²) >= 11 is 0. The van der Waals surface area contributed by atoms with Gasteiger partial charge in [0.15, 0.2) is 6.61 Å². The minimum Gasteiger partial charge on any atom is -0.483 e. The molecule has 0 saturated carbocycles. The number of carbonyl (C=O) groups is 1. The van der Waals surface area contributed by atoms with Gasteiger partial charge in [0.05, 0.1) is 18.6 Å². The van der Waals surface area contributed by atoms with Crippen molar-refractivity contribution in [3.05, 3.63) is 48.0 Å². The Kier molecular flexibility index (Phi) is 4.76. The zero-order valence-electron chi connectivity index (χ0n) is 11.7.